The van der Waals surface area contributed by atoms with E-state index in [0.717, 1.165) is 6.04 Å². The van der Waals surface area contributed by atoms with Crippen molar-refractivity contribution in [3.63, 3.8) is 0 Å². The van der Waals surface area contributed by atoms with Crippen LogP contribution >= 0.6 is 0 Å². The Morgan fingerprint density at radius 1 is 1.29 bits per heavy atom. The molecule has 0 radical (unpaired) electrons. The minimum atomic E-state index is 0.594. The number of benzene rings is 1. The van der Waals surface area contributed by atoms with Crippen LogP contribution in [-0.2, 0) is 0 Å². The maximum absolute atomic E-state index is 3.39. The highest BCUT2D eigenvalue weighted by molar-refractivity contribution is 5.83. The van der Waals surface area contributed by atoms with Crippen molar-refractivity contribution in [3.8, 4) is 0 Å². The fraction of sp³-hybridized carbons (Fsp3) is 0.467. The van der Waals surface area contributed by atoms with Gasteiger partial charge in [-0.15, -0.1) is 0 Å². The van der Waals surface area contributed by atoms with E-state index in [-0.39, 0.29) is 0 Å². The predicted octanol–water partition coefficient (Wildman–Crippen LogP) is 3.71. The SMILES string of the molecule is CC[C@@H]1CC[C@@H](c2c[nH]c3ccccc23)N1C. The van der Waals surface area contributed by atoms with Gasteiger partial charge in [0.2, 0.25) is 0 Å². The summed E-state index contributed by atoms with van der Waals surface area (Å²) in [7, 11) is 2.27. The molecule has 2 heterocycles. The number of rotatable bonds is 2. The number of H-pyrrole nitrogens is 1. The lowest BCUT2D eigenvalue weighted by Crippen LogP contribution is -2.26. The summed E-state index contributed by atoms with van der Waals surface area (Å²) in [4.78, 5) is 5.94. The van der Waals surface area contributed by atoms with Crippen LogP contribution in [0.25, 0.3) is 10.9 Å². The third-order valence-corrected chi connectivity index (χ3v) is 4.29. The van der Waals surface area contributed by atoms with Gasteiger partial charge in [-0.05, 0) is 37.9 Å². The van der Waals surface area contributed by atoms with Gasteiger partial charge in [-0.1, -0.05) is 25.1 Å². The second kappa shape index (κ2) is 4.19. The van der Waals surface area contributed by atoms with Crippen molar-refractivity contribution in [1.29, 1.82) is 0 Å². The molecule has 2 heteroatoms. The van der Waals surface area contributed by atoms with Crippen LogP contribution in [0.15, 0.2) is 30.5 Å². The Kier molecular flexibility index (Phi) is 2.67. The number of hydrogen-bond donors (Lipinski definition) is 1. The van der Waals surface area contributed by atoms with Crippen molar-refractivity contribution in [2.45, 2.75) is 38.3 Å². The number of nitrogens with zero attached hydrogens (tertiary/aromatic N) is 1. The van der Waals surface area contributed by atoms with Crippen molar-refractivity contribution in [1.82, 2.24) is 9.88 Å². The number of likely N-dealkylation sites (tertiary alicyclic amines) is 1. The lowest BCUT2D eigenvalue weighted by atomic mass is 10.0. The topological polar surface area (TPSA) is 19.0 Å². The van der Waals surface area contributed by atoms with E-state index in [4.69, 9.17) is 0 Å². The Morgan fingerprint density at radius 2 is 2.12 bits per heavy atom. The van der Waals surface area contributed by atoms with Gasteiger partial charge in [0.1, 0.15) is 0 Å². The number of aromatic nitrogens is 1. The molecule has 2 aromatic rings. The fourth-order valence-electron chi connectivity index (χ4n) is 3.25. The molecule has 0 bridgehead atoms. The van der Waals surface area contributed by atoms with E-state index in [9.17, 15) is 0 Å². The van der Waals surface area contributed by atoms with Crippen molar-refractivity contribution >= 4 is 10.9 Å². The summed E-state index contributed by atoms with van der Waals surface area (Å²) in [5.41, 5.74) is 2.73. The zero-order chi connectivity index (χ0) is 11.8. The molecule has 1 saturated heterocycles. The van der Waals surface area contributed by atoms with Crippen molar-refractivity contribution in [2.75, 3.05) is 7.05 Å². The van der Waals surface area contributed by atoms with Crippen LogP contribution in [0.5, 0.6) is 0 Å². The van der Waals surface area contributed by atoms with E-state index >= 15 is 0 Å². The first kappa shape index (κ1) is 10.8. The maximum atomic E-state index is 3.39. The second-order valence-corrected chi connectivity index (χ2v) is 5.11. The molecule has 0 aliphatic carbocycles. The zero-order valence-electron chi connectivity index (χ0n) is 10.6. The maximum Gasteiger partial charge on any atom is 0.0457 e. The predicted molar refractivity (Wildman–Crippen MR) is 72.1 cm³/mol. The number of nitrogens with one attached hydrogen (secondary N) is 1. The van der Waals surface area contributed by atoms with E-state index in [1.165, 1.54) is 35.7 Å². The smallest absolute Gasteiger partial charge is 0.0457 e. The summed E-state index contributed by atoms with van der Waals surface area (Å²) in [5, 5.41) is 1.39. The van der Waals surface area contributed by atoms with Gasteiger partial charge in [0.15, 0.2) is 0 Å². The molecular weight excluding hydrogens is 208 g/mol. The Hall–Kier alpha value is -1.28. The van der Waals surface area contributed by atoms with Gasteiger partial charge < -0.3 is 4.98 Å². The largest absolute Gasteiger partial charge is 0.361 e. The third kappa shape index (κ3) is 1.67. The van der Waals surface area contributed by atoms with E-state index in [2.05, 4.69) is 54.3 Å². The molecule has 3 rings (SSSR count). The number of fused-ring (bicyclic) bond motifs is 1. The molecule has 0 spiro atoms. The Bertz CT molecular complexity index is 514. The van der Waals surface area contributed by atoms with Crippen LogP contribution in [0, 0.1) is 0 Å². The van der Waals surface area contributed by atoms with Gasteiger partial charge in [-0.25, -0.2) is 0 Å². The third-order valence-electron chi connectivity index (χ3n) is 4.29. The standard InChI is InChI=1S/C15H20N2/c1-3-11-8-9-15(17(11)2)13-10-16-14-7-5-4-6-12(13)14/h4-7,10-11,15-16H,3,8-9H2,1-2H3/t11-,15+/m1/s1. The van der Waals surface area contributed by atoms with Gasteiger partial charge >= 0.3 is 0 Å². The Morgan fingerprint density at radius 3 is 2.88 bits per heavy atom. The molecule has 0 amide bonds. The highest BCUT2D eigenvalue weighted by atomic mass is 15.2. The summed E-state index contributed by atoms with van der Waals surface area (Å²) in [6, 6.07) is 9.96. The van der Waals surface area contributed by atoms with Crippen molar-refractivity contribution < 1.29 is 0 Å². The molecule has 0 unspecified atom stereocenters. The monoisotopic (exact) mass is 228 g/mol. The molecule has 1 aliphatic rings. The summed E-state index contributed by atoms with van der Waals surface area (Å²) in [6.45, 7) is 2.29. The lowest BCUT2D eigenvalue weighted by Gasteiger charge is -2.24. The van der Waals surface area contributed by atoms with Crippen LogP contribution in [0.1, 0.15) is 37.8 Å². The first-order valence-corrected chi connectivity index (χ1v) is 6.59. The first-order valence-electron chi connectivity index (χ1n) is 6.59. The molecule has 0 saturated carbocycles. The van der Waals surface area contributed by atoms with E-state index in [1.54, 1.807) is 0 Å². The van der Waals surface area contributed by atoms with E-state index in [1.807, 2.05) is 0 Å². The summed E-state index contributed by atoms with van der Waals surface area (Å²) in [6.07, 6.45) is 6.08. The molecule has 1 aromatic heterocycles. The fourth-order valence-corrected chi connectivity index (χ4v) is 3.25. The molecule has 1 aliphatic heterocycles. The molecule has 17 heavy (non-hydrogen) atoms. The lowest BCUT2D eigenvalue weighted by molar-refractivity contribution is 0.239. The van der Waals surface area contributed by atoms with Gasteiger partial charge in [0.05, 0.1) is 0 Å². The quantitative estimate of drug-likeness (QED) is 0.830. The molecule has 1 N–H and O–H groups in total. The van der Waals surface area contributed by atoms with Gasteiger partial charge in [0, 0.05) is 29.2 Å². The number of aromatic amines is 1. The summed E-state index contributed by atoms with van der Waals surface area (Å²) in [5.74, 6) is 0. The van der Waals surface area contributed by atoms with Gasteiger partial charge in [0.25, 0.3) is 0 Å². The van der Waals surface area contributed by atoms with Gasteiger partial charge in [-0.3, -0.25) is 4.90 Å². The van der Waals surface area contributed by atoms with Crippen LogP contribution in [0.3, 0.4) is 0 Å². The second-order valence-electron chi connectivity index (χ2n) is 5.11. The Balaban J connectivity index is 1.99. The normalized spacial score (nSPS) is 25.8. The molecule has 2 atom stereocenters. The van der Waals surface area contributed by atoms with Crippen LogP contribution in [0.4, 0.5) is 0 Å². The van der Waals surface area contributed by atoms with Gasteiger partial charge in [-0.2, -0.15) is 0 Å². The molecular formula is C15H20N2. The summed E-state index contributed by atoms with van der Waals surface area (Å²) >= 11 is 0. The molecule has 2 nitrogen and oxygen atoms in total. The number of hydrogen-bond acceptors (Lipinski definition) is 1. The Labute approximate surface area is 103 Å². The van der Waals surface area contributed by atoms with Crippen LogP contribution in [-0.4, -0.2) is 23.0 Å². The van der Waals surface area contributed by atoms with Crippen LogP contribution in [0.2, 0.25) is 0 Å². The molecule has 1 aromatic carbocycles. The van der Waals surface area contributed by atoms with E-state index in [0.29, 0.717) is 6.04 Å². The summed E-state index contributed by atoms with van der Waals surface area (Å²) < 4.78 is 0. The number of para-hydroxylation sites is 1. The first-order chi connectivity index (χ1) is 8.31. The van der Waals surface area contributed by atoms with Crippen molar-refractivity contribution in [3.05, 3.63) is 36.0 Å². The highest BCUT2D eigenvalue weighted by Crippen LogP contribution is 2.38. The van der Waals surface area contributed by atoms with Crippen molar-refractivity contribution in [2.24, 2.45) is 0 Å². The average molecular weight is 228 g/mol. The minimum absolute atomic E-state index is 0.594. The van der Waals surface area contributed by atoms with Crippen LogP contribution < -0.4 is 0 Å². The minimum Gasteiger partial charge on any atom is -0.361 e. The van der Waals surface area contributed by atoms with E-state index < -0.39 is 0 Å². The average Bonchev–Trinajstić information content (AvgIpc) is 2.92. The molecule has 90 valence electrons. The molecule has 1 fully saturated rings. The zero-order valence-corrected chi connectivity index (χ0v) is 10.6. The highest BCUT2D eigenvalue weighted by Gasteiger charge is 2.31.